The topological polar surface area (TPSA) is 56.2 Å². The third-order valence-electron chi connectivity index (χ3n) is 5.29. The van der Waals surface area contributed by atoms with E-state index >= 15 is 0 Å². The Morgan fingerprint density at radius 1 is 0.641 bits per heavy atom. The molecule has 0 unspecified atom stereocenters. The molecule has 0 saturated heterocycles. The minimum atomic E-state index is -7.42. The van der Waals surface area contributed by atoms with Crippen molar-refractivity contribution in [1.29, 1.82) is 0 Å². The number of alkyl halides is 9. The number of hydrogen-bond acceptors (Lipinski definition) is 3. The van der Waals surface area contributed by atoms with Crippen LogP contribution in [0.1, 0.15) is 6.92 Å². The van der Waals surface area contributed by atoms with E-state index in [0.717, 1.165) is 0 Å². The molecule has 39 heavy (non-hydrogen) atoms. The van der Waals surface area contributed by atoms with E-state index in [0.29, 0.717) is 0 Å². The third-order valence-corrected chi connectivity index (χ3v) is 10.7. The molecule has 0 saturated carbocycles. The second-order valence-corrected chi connectivity index (χ2v) is 12.5. The first kappa shape index (κ1) is 30.6. The largest absolute Gasteiger partial charge is 0.494 e. The molecular formula is C24H20F9O4S2+. The molecule has 3 rings (SSSR count). The van der Waals surface area contributed by atoms with Crippen molar-refractivity contribution in [2.24, 2.45) is 0 Å². The third kappa shape index (κ3) is 5.18. The number of hydrogen-bond donors (Lipinski definition) is 0. The predicted molar refractivity (Wildman–Crippen MR) is 125 cm³/mol. The summed E-state index contributed by atoms with van der Waals surface area (Å²) in [6.07, 6.45) is -7.20. The average Bonchev–Trinajstić information content (AvgIpc) is 2.88. The van der Waals surface area contributed by atoms with Gasteiger partial charge in [-0.3, -0.25) is 3.63 Å². The summed E-state index contributed by atoms with van der Waals surface area (Å²) < 4.78 is 158. The predicted octanol–water partition coefficient (Wildman–Crippen LogP) is 8.13. The van der Waals surface area contributed by atoms with Crippen molar-refractivity contribution in [2.45, 2.75) is 44.9 Å². The summed E-state index contributed by atoms with van der Waals surface area (Å²) in [6.45, 7) is 1.86. The van der Waals surface area contributed by atoms with Crippen LogP contribution in [0, 0.1) is 0 Å². The van der Waals surface area contributed by atoms with Gasteiger partial charge in [-0.1, -0.05) is 36.4 Å². The average molecular weight is 608 g/mol. The molecule has 0 aliphatic rings. The van der Waals surface area contributed by atoms with Gasteiger partial charge < -0.3 is 4.74 Å². The summed E-state index contributed by atoms with van der Waals surface area (Å²) >= 11 is 0. The summed E-state index contributed by atoms with van der Waals surface area (Å²) in [4.78, 5) is -0.384. The Bertz CT molecular complexity index is 1320. The second-order valence-electron chi connectivity index (χ2n) is 7.82. The van der Waals surface area contributed by atoms with Gasteiger partial charge in [0, 0.05) is 0 Å². The molecule has 3 aromatic carbocycles. The van der Waals surface area contributed by atoms with Gasteiger partial charge in [-0.15, -0.1) is 8.42 Å². The van der Waals surface area contributed by atoms with Crippen molar-refractivity contribution < 1.29 is 56.3 Å². The molecule has 15 heteroatoms. The van der Waals surface area contributed by atoms with E-state index < -0.39 is 43.7 Å². The second kappa shape index (κ2) is 10.6. The van der Waals surface area contributed by atoms with Gasteiger partial charge in [-0.25, -0.2) is 0 Å². The lowest BCUT2D eigenvalue weighted by Gasteiger charge is -2.37. The number of halogens is 9. The Hall–Kier alpha value is -2.91. The lowest BCUT2D eigenvalue weighted by Crippen LogP contribution is -2.63. The zero-order chi connectivity index (χ0) is 29.3. The van der Waals surface area contributed by atoms with E-state index in [-0.39, 0.29) is 27.0 Å². The maximum Gasteiger partial charge on any atom is 0.486 e. The highest BCUT2D eigenvalue weighted by Gasteiger charge is 2.88. The van der Waals surface area contributed by atoms with Crippen molar-refractivity contribution in [3.63, 3.8) is 0 Å². The summed E-state index contributed by atoms with van der Waals surface area (Å²) in [5, 5.41) is -6.98. The van der Waals surface area contributed by atoms with Crippen LogP contribution in [-0.4, -0.2) is 41.9 Å². The Morgan fingerprint density at radius 3 is 1.44 bits per heavy atom. The van der Waals surface area contributed by atoms with Crippen molar-refractivity contribution >= 4 is 20.4 Å². The molecule has 0 atom stereocenters. The van der Waals surface area contributed by atoms with Crippen LogP contribution in [0.5, 0.6) is 5.75 Å². The first-order valence-electron chi connectivity index (χ1n) is 10.8. The Kier molecular flexibility index (Phi) is 8.31. The van der Waals surface area contributed by atoms with E-state index in [1.165, 1.54) is 84.9 Å². The molecule has 214 valence electrons. The Balaban J connectivity index is 2.33. The van der Waals surface area contributed by atoms with Crippen LogP contribution in [0.4, 0.5) is 39.5 Å². The molecule has 4 nitrogen and oxygen atoms in total. The van der Waals surface area contributed by atoms with Crippen LogP contribution < -0.4 is 4.74 Å². The highest BCUT2D eigenvalue weighted by molar-refractivity contribution is 8.32. The Labute approximate surface area is 219 Å². The van der Waals surface area contributed by atoms with Gasteiger partial charge in [0.25, 0.3) is 0 Å². The van der Waals surface area contributed by atoms with E-state index in [9.17, 15) is 47.9 Å². The van der Waals surface area contributed by atoms with Crippen molar-refractivity contribution in [3.8, 4) is 5.75 Å². The molecule has 0 fully saturated rings. The molecule has 0 bridgehead atoms. The van der Waals surface area contributed by atoms with Crippen LogP contribution >= 0.6 is 10.3 Å². The zero-order valence-corrected chi connectivity index (χ0v) is 21.3. The van der Waals surface area contributed by atoms with Gasteiger partial charge in [-0.2, -0.15) is 39.5 Å². The molecule has 0 radical (unpaired) electrons. The molecule has 1 N–H and O–H groups in total. The summed E-state index contributed by atoms with van der Waals surface area (Å²) in [5.74, 6) is -14.6. The molecule has 3 aromatic rings. The van der Waals surface area contributed by atoms with E-state index in [4.69, 9.17) is 4.74 Å². The van der Waals surface area contributed by atoms with Gasteiger partial charge in [0.2, 0.25) is 0 Å². The lowest BCUT2D eigenvalue weighted by atomic mass is 10.1. The van der Waals surface area contributed by atoms with Gasteiger partial charge in [0.05, 0.1) is 31.6 Å². The summed E-state index contributed by atoms with van der Waals surface area (Å²) in [5.41, 5.74) is 0. The first-order chi connectivity index (χ1) is 18.0. The molecular weight excluding hydrogens is 587 g/mol. The van der Waals surface area contributed by atoms with E-state index in [1.54, 1.807) is 6.92 Å². The van der Waals surface area contributed by atoms with Crippen molar-refractivity contribution in [1.82, 2.24) is 0 Å². The van der Waals surface area contributed by atoms with Crippen LogP contribution in [0.15, 0.2) is 99.6 Å². The quantitative estimate of drug-likeness (QED) is 0.133. The number of ether oxygens (including phenoxy) is 1. The molecule has 0 aliphatic carbocycles. The van der Waals surface area contributed by atoms with Crippen LogP contribution in [0.2, 0.25) is 0 Å². The van der Waals surface area contributed by atoms with Crippen LogP contribution in [0.3, 0.4) is 0 Å². The molecule has 0 aliphatic heterocycles. The van der Waals surface area contributed by atoms with E-state index in [2.05, 4.69) is 3.63 Å². The summed E-state index contributed by atoms with van der Waals surface area (Å²) in [6, 6.07) is 18.3. The van der Waals surface area contributed by atoms with Crippen molar-refractivity contribution in [2.75, 3.05) is 6.61 Å². The maximum atomic E-state index is 14.8. The number of rotatable bonds is 10. The van der Waals surface area contributed by atoms with Gasteiger partial charge in [-0.05, 0) is 55.5 Å². The minimum absolute atomic E-state index is 0.120. The molecule has 0 amide bonds. The van der Waals surface area contributed by atoms with Crippen LogP contribution in [0.25, 0.3) is 0 Å². The van der Waals surface area contributed by atoms with Gasteiger partial charge >= 0.3 is 33.4 Å². The minimum Gasteiger partial charge on any atom is -0.494 e. The number of benzene rings is 3. The monoisotopic (exact) mass is 607 g/mol. The maximum absolute atomic E-state index is 14.8. The Morgan fingerprint density at radius 2 is 1.05 bits per heavy atom. The summed E-state index contributed by atoms with van der Waals surface area (Å²) in [7, 11) is -11.0. The first-order valence-corrected chi connectivity index (χ1v) is 13.8. The van der Waals surface area contributed by atoms with Gasteiger partial charge in [0.1, 0.15) is 5.75 Å². The highest BCUT2D eigenvalue weighted by Crippen LogP contribution is 2.69. The molecule has 0 aromatic heterocycles. The standard InChI is InChI=1S/C24H19F9O4S2/c1-2-36-17-13-15-20(16-14-17)38(18-9-5-3-6-10-18,19-11-7-4-8-12-19)37-39(34,35)24(32,33)22(27,28)21(25,26)23(29,30)31/h3-16H,2H2,1H3/p+1. The lowest BCUT2D eigenvalue weighted by molar-refractivity contribution is -0.382. The van der Waals surface area contributed by atoms with E-state index in [1.807, 2.05) is 0 Å². The molecule has 0 heterocycles. The fourth-order valence-corrected chi connectivity index (χ4v) is 8.87. The molecule has 0 spiro atoms. The fraction of sp³-hybridized carbons (Fsp3) is 0.250. The normalized spacial score (nSPS) is 14.2. The highest BCUT2D eigenvalue weighted by atomic mass is 32.3. The fourth-order valence-electron chi connectivity index (χ4n) is 3.39. The smallest absolute Gasteiger partial charge is 0.486 e. The van der Waals surface area contributed by atoms with Crippen molar-refractivity contribution in [3.05, 3.63) is 84.9 Å². The SMILES string of the molecule is CCOc1ccc(S([OH+]S(=O)(=O)C(F)(F)C(F)(F)C(F)(F)C(F)(F)F)(c2ccccc2)c2ccccc2)cc1. The van der Waals surface area contributed by atoms with Gasteiger partial charge in [0.15, 0.2) is 0 Å². The zero-order valence-electron chi connectivity index (χ0n) is 19.7. The van der Waals surface area contributed by atoms with Crippen LogP contribution in [-0.2, 0) is 10.1 Å².